The fourth-order valence-electron chi connectivity index (χ4n) is 5.21. The van der Waals surface area contributed by atoms with Gasteiger partial charge >= 0.3 is 0 Å². The predicted molar refractivity (Wildman–Crippen MR) is 141 cm³/mol. The van der Waals surface area contributed by atoms with E-state index >= 15 is 0 Å². The number of carbonyl (C=O) groups is 1. The van der Waals surface area contributed by atoms with E-state index in [2.05, 4.69) is 32.9 Å². The van der Waals surface area contributed by atoms with Crippen molar-refractivity contribution in [2.45, 2.75) is 46.6 Å². The average molecular weight is 489 g/mol. The summed E-state index contributed by atoms with van der Waals surface area (Å²) in [4.78, 5) is 20.9. The minimum atomic E-state index is 0.101. The van der Waals surface area contributed by atoms with E-state index in [1.165, 1.54) is 10.4 Å². The summed E-state index contributed by atoms with van der Waals surface area (Å²) in [6.07, 6.45) is 6.96. The Kier molecular flexibility index (Phi) is 6.52. The Hall–Kier alpha value is -2.95. The van der Waals surface area contributed by atoms with Crippen LogP contribution in [0.1, 0.15) is 48.8 Å². The number of para-hydroxylation sites is 1. The molecule has 0 bridgehead atoms. The highest BCUT2D eigenvalue weighted by molar-refractivity contribution is 7.16. The molecule has 0 N–H and O–H groups in total. The van der Waals surface area contributed by atoms with Crippen LogP contribution in [-0.4, -0.2) is 47.9 Å². The topological polar surface area (TPSA) is 70.6 Å². The molecule has 0 spiro atoms. The molecule has 1 aliphatic heterocycles. The summed E-state index contributed by atoms with van der Waals surface area (Å²) in [6.45, 7) is 9.68. The molecule has 1 atom stereocenters. The van der Waals surface area contributed by atoms with Crippen molar-refractivity contribution in [2.75, 3.05) is 26.3 Å². The molecule has 5 rings (SSSR count). The first-order valence-corrected chi connectivity index (χ1v) is 13.2. The molecular formula is C28H32N4O2S. The number of nitrogens with zero attached hydrogens (tertiary/aromatic N) is 4. The molecule has 6 nitrogen and oxygen atoms in total. The maximum Gasteiger partial charge on any atom is 0.242 e. The molecule has 1 aliphatic carbocycles. The molecule has 1 fully saturated rings. The molecule has 2 aromatic heterocycles. The van der Waals surface area contributed by atoms with Gasteiger partial charge in [-0.05, 0) is 42.2 Å². The summed E-state index contributed by atoms with van der Waals surface area (Å²) in [6, 6.07) is 10.5. The first kappa shape index (κ1) is 23.8. The Morgan fingerprint density at radius 1 is 1.29 bits per heavy atom. The Bertz CT molecular complexity index is 1320. The number of fused-ring (bicyclic) bond motifs is 2. The molecule has 1 aromatic carbocycles. The standard InChI is InChI=1S/C28H32N4O2S/c1-28(2,3)20-8-9-22-23(15-29)27(35-25(22)14-20)30-16-19-17-32(24-7-5-4-6-21(19)24)18-26(33)31-10-12-34-13-11-31/h4-7,16-17,20H,8-14,18H2,1-3H3/t20-/m1/s1. The Balaban J connectivity index is 1.43. The third-order valence-corrected chi connectivity index (χ3v) is 8.56. The van der Waals surface area contributed by atoms with Crippen LogP contribution < -0.4 is 0 Å². The van der Waals surface area contributed by atoms with E-state index in [9.17, 15) is 10.1 Å². The highest BCUT2D eigenvalue weighted by Gasteiger charge is 2.32. The van der Waals surface area contributed by atoms with Gasteiger partial charge in [0.15, 0.2) is 0 Å². The number of hydrogen-bond donors (Lipinski definition) is 0. The summed E-state index contributed by atoms with van der Waals surface area (Å²) in [5.74, 6) is 0.725. The Labute approximate surface area is 210 Å². The van der Waals surface area contributed by atoms with Gasteiger partial charge < -0.3 is 14.2 Å². The number of benzene rings is 1. The quantitative estimate of drug-likeness (QED) is 0.466. The van der Waals surface area contributed by atoms with Gasteiger partial charge in [0, 0.05) is 46.8 Å². The summed E-state index contributed by atoms with van der Waals surface area (Å²) < 4.78 is 7.39. The molecule has 3 heterocycles. The minimum absolute atomic E-state index is 0.101. The minimum Gasteiger partial charge on any atom is -0.378 e. The molecule has 0 unspecified atom stereocenters. The number of nitriles is 1. The van der Waals surface area contributed by atoms with Crippen LogP contribution >= 0.6 is 11.3 Å². The number of carbonyl (C=O) groups excluding carboxylic acids is 1. The maximum absolute atomic E-state index is 12.9. The van der Waals surface area contributed by atoms with Crippen molar-refractivity contribution in [2.24, 2.45) is 16.3 Å². The Morgan fingerprint density at radius 2 is 2.06 bits per heavy atom. The fourth-order valence-corrected chi connectivity index (χ4v) is 6.43. The van der Waals surface area contributed by atoms with E-state index in [1.54, 1.807) is 11.3 Å². The number of rotatable bonds is 4. The normalized spacial score (nSPS) is 18.7. The van der Waals surface area contributed by atoms with Gasteiger partial charge in [-0.15, -0.1) is 11.3 Å². The number of aromatic nitrogens is 1. The van der Waals surface area contributed by atoms with E-state index < -0.39 is 0 Å². The van der Waals surface area contributed by atoms with Gasteiger partial charge in [-0.1, -0.05) is 39.0 Å². The van der Waals surface area contributed by atoms with Gasteiger partial charge in [0.25, 0.3) is 0 Å². The smallest absolute Gasteiger partial charge is 0.242 e. The SMILES string of the molecule is CC(C)(C)[C@@H]1CCc2c(sc(N=Cc3cn(CC(=O)N4CCOCC4)c4ccccc34)c2C#N)C1. The van der Waals surface area contributed by atoms with Gasteiger partial charge in [0.05, 0.1) is 18.8 Å². The van der Waals surface area contributed by atoms with Crippen LogP contribution in [0.5, 0.6) is 0 Å². The first-order valence-electron chi connectivity index (χ1n) is 12.4. The maximum atomic E-state index is 12.9. The molecule has 1 amide bonds. The van der Waals surface area contributed by atoms with Crippen LogP contribution in [0.25, 0.3) is 10.9 Å². The van der Waals surface area contributed by atoms with E-state index in [0.29, 0.717) is 38.8 Å². The van der Waals surface area contributed by atoms with Crippen molar-refractivity contribution < 1.29 is 9.53 Å². The monoisotopic (exact) mass is 488 g/mol. The highest BCUT2D eigenvalue weighted by atomic mass is 32.1. The lowest BCUT2D eigenvalue weighted by Gasteiger charge is -2.33. The number of hydrogen-bond acceptors (Lipinski definition) is 5. The number of ether oxygens (including phenoxy) is 1. The van der Waals surface area contributed by atoms with E-state index in [0.717, 1.165) is 46.3 Å². The van der Waals surface area contributed by atoms with Crippen LogP contribution in [-0.2, 0) is 28.9 Å². The van der Waals surface area contributed by atoms with Crippen molar-refractivity contribution >= 4 is 39.4 Å². The molecule has 7 heteroatoms. The van der Waals surface area contributed by atoms with E-state index in [-0.39, 0.29) is 11.3 Å². The van der Waals surface area contributed by atoms with Gasteiger partial charge in [0.1, 0.15) is 17.6 Å². The molecule has 1 saturated heterocycles. The molecule has 0 radical (unpaired) electrons. The second-order valence-corrected chi connectivity index (χ2v) is 11.7. The van der Waals surface area contributed by atoms with Crippen LogP contribution in [0.4, 0.5) is 5.00 Å². The summed E-state index contributed by atoms with van der Waals surface area (Å²) in [5.41, 5.74) is 4.16. The molecular weight excluding hydrogens is 456 g/mol. The summed E-state index contributed by atoms with van der Waals surface area (Å²) in [7, 11) is 0. The summed E-state index contributed by atoms with van der Waals surface area (Å²) in [5, 5.41) is 11.8. The number of thiophene rings is 1. The van der Waals surface area contributed by atoms with Crippen molar-refractivity contribution in [1.29, 1.82) is 5.26 Å². The van der Waals surface area contributed by atoms with E-state index in [4.69, 9.17) is 9.73 Å². The lowest BCUT2D eigenvalue weighted by molar-refractivity contribution is -0.135. The summed E-state index contributed by atoms with van der Waals surface area (Å²) >= 11 is 1.67. The van der Waals surface area contributed by atoms with Crippen LogP contribution in [0.3, 0.4) is 0 Å². The third-order valence-electron chi connectivity index (χ3n) is 7.39. The second-order valence-electron chi connectivity index (χ2n) is 10.6. The zero-order valence-corrected chi connectivity index (χ0v) is 21.5. The lowest BCUT2D eigenvalue weighted by atomic mass is 9.72. The fraction of sp³-hybridized carbons (Fsp3) is 0.464. The molecule has 2 aliphatic rings. The number of morpholine rings is 1. The number of amides is 1. The lowest BCUT2D eigenvalue weighted by Crippen LogP contribution is -2.42. The van der Waals surface area contributed by atoms with Gasteiger partial charge in [0.2, 0.25) is 5.91 Å². The highest BCUT2D eigenvalue weighted by Crippen LogP contribution is 2.45. The number of aliphatic imine (C=N–C) groups is 1. The van der Waals surface area contributed by atoms with Gasteiger partial charge in [-0.3, -0.25) is 4.79 Å². The van der Waals surface area contributed by atoms with Gasteiger partial charge in [-0.2, -0.15) is 5.26 Å². The zero-order valence-electron chi connectivity index (χ0n) is 20.7. The van der Waals surface area contributed by atoms with Gasteiger partial charge in [-0.25, -0.2) is 4.99 Å². The molecule has 182 valence electrons. The third kappa shape index (κ3) is 4.78. The van der Waals surface area contributed by atoms with Crippen LogP contribution in [0, 0.1) is 22.7 Å². The van der Waals surface area contributed by atoms with Crippen molar-refractivity contribution in [3.05, 3.63) is 52.0 Å². The van der Waals surface area contributed by atoms with Crippen molar-refractivity contribution in [3.63, 3.8) is 0 Å². The first-order chi connectivity index (χ1) is 16.8. The van der Waals surface area contributed by atoms with Crippen molar-refractivity contribution in [1.82, 2.24) is 9.47 Å². The van der Waals surface area contributed by atoms with Crippen LogP contribution in [0.2, 0.25) is 0 Å². The second kappa shape index (κ2) is 9.60. The molecule has 0 saturated carbocycles. The van der Waals surface area contributed by atoms with Crippen molar-refractivity contribution in [3.8, 4) is 6.07 Å². The molecule has 35 heavy (non-hydrogen) atoms. The zero-order chi connectivity index (χ0) is 24.6. The molecule has 3 aromatic rings. The predicted octanol–water partition coefficient (Wildman–Crippen LogP) is 5.33. The largest absolute Gasteiger partial charge is 0.378 e. The average Bonchev–Trinajstić information content (AvgIpc) is 3.39. The Morgan fingerprint density at radius 3 is 2.80 bits per heavy atom. The van der Waals surface area contributed by atoms with E-state index in [1.807, 2.05) is 40.1 Å². The van der Waals surface area contributed by atoms with Crippen LogP contribution in [0.15, 0.2) is 35.5 Å².